The Morgan fingerprint density at radius 3 is 3.05 bits per heavy atom. The highest BCUT2D eigenvalue weighted by molar-refractivity contribution is 5.77. The molecule has 2 N–H and O–H groups in total. The summed E-state index contributed by atoms with van der Waals surface area (Å²) < 4.78 is 10.7. The van der Waals surface area contributed by atoms with Gasteiger partial charge in [-0.3, -0.25) is 4.79 Å². The van der Waals surface area contributed by atoms with Crippen molar-refractivity contribution < 1.29 is 14.3 Å². The molecule has 2 heterocycles. The van der Waals surface area contributed by atoms with Crippen molar-refractivity contribution in [3.63, 3.8) is 0 Å². The molecule has 0 aromatic heterocycles. The van der Waals surface area contributed by atoms with Crippen molar-refractivity contribution in [1.82, 2.24) is 4.90 Å². The summed E-state index contributed by atoms with van der Waals surface area (Å²) in [6.45, 7) is 1.50. The highest BCUT2D eigenvalue weighted by Gasteiger charge is 2.30. The lowest BCUT2D eigenvalue weighted by Gasteiger charge is -2.25. The van der Waals surface area contributed by atoms with Crippen LogP contribution in [-0.4, -0.2) is 30.7 Å². The fourth-order valence-corrected chi connectivity index (χ4v) is 2.80. The fraction of sp³-hybridized carbons (Fsp3) is 0.500. The molecule has 0 aliphatic carbocycles. The van der Waals surface area contributed by atoms with Gasteiger partial charge in [-0.25, -0.2) is 0 Å². The van der Waals surface area contributed by atoms with E-state index in [4.69, 9.17) is 15.2 Å². The van der Waals surface area contributed by atoms with Crippen molar-refractivity contribution in [2.75, 3.05) is 19.9 Å². The normalized spacial score (nSPS) is 20.9. The molecule has 0 saturated carbocycles. The molecule has 0 bridgehead atoms. The van der Waals surface area contributed by atoms with Crippen LogP contribution in [0.5, 0.6) is 11.5 Å². The third-order valence-corrected chi connectivity index (χ3v) is 3.71. The standard InChI is InChI=1S/C14H18N2O3/c15-6-5-14(17)16-7-1-2-11(16)10-3-4-12-13(8-10)19-9-18-12/h3-4,8,11H,1-2,5-7,9,15H2. The Labute approximate surface area is 112 Å². The van der Waals surface area contributed by atoms with E-state index in [2.05, 4.69) is 0 Å². The topological polar surface area (TPSA) is 64.8 Å². The van der Waals surface area contributed by atoms with E-state index >= 15 is 0 Å². The van der Waals surface area contributed by atoms with Crippen LogP contribution in [0.1, 0.15) is 30.9 Å². The van der Waals surface area contributed by atoms with Crippen molar-refractivity contribution in [1.29, 1.82) is 0 Å². The highest BCUT2D eigenvalue weighted by atomic mass is 16.7. The lowest BCUT2D eigenvalue weighted by molar-refractivity contribution is -0.131. The average Bonchev–Trinajstić information content (AvgIpc) is 3.07. The number of ether oxygens (including phenoxy) is 2. The highest BCUT2D eigenvalue weighted by Crippen LogP contribution is 2.38. The van der Waals surface area contributed by atoms with Crippen molar-refractivity contribution in [3.05, 3.63) is 23.8 Å². The van der Waals surface area contributed by atoms with E-state index in [9.17, 15) is 4.79 Å². The Morgan fingerprint density at radius 1 is 1.37 bits per heavy atom. The number of likely N-dealkylation sites (tertiary alicyclic amines) is 1. The minimum Gasteiger partial charge on any atom is -0.454 e. The molecule has 5 nitrogen and oxygen atoms in total. The van der Waals surface area contributed by atoms with Gasteiger partial charge in [0.1, 0.15) is 0 Å². The second-order valence-corrected chi connectivity index (χ2v) is 4.90. The minimum absolute atomic E-state index is 0.141. The number of hydrogen-bond acceptors (Lipinski definition) is 4. The molecular weight excluding hydrogens is 244 g/mol. The lowest BCUT2D eigenvalue weighted by Crippen LogP contribution is -2.31. The molecule has 1 aromatic rings. The van der Waals surface area contributed by atoms with E-state index in [0.717, 1.165) is 36.4 Å². The van der Waals surface area contributed by atoms with Gasteiger partial charge in [0.15, 0.2) is 11.5 Å². The van der Waals surface area contributed by atoms with E-state index in [0.29, 0.717) is 13.0 Å². The first-order valence-corrected chi connectivity index (χ1v) is 6.68. The van der Waals surface area contributed by atoms with E-state index in [1.54, 1.807) is 0 Å². The number of nitrogens with zero attached hydrogens (tertiary/aromatic N) is 1. The third-order valence-electron chi connectivity index (χ3n) is 3.71. The van der Waals surface area contributed by atoms with Crippen LogP contribution < -0.4 is 15.2 Å². The number of carbonyl (C=O) groups is 1. The van der Waals surface area contributed by atoms with Gasteiger partial charge in [0.2, 0.25) is 12.7 Å². The lowest BCUT2D eigenvalue weighted by atomic mass is 10.0. The molecule has 1 unspecified atom stereocenters. The van der Waals surface area contributed by atoms with Crippen LogP contribution in [0.15, 0.2) is 18.2 Å². The molecule has 0 radical (unpaired) electrons. The van der Waals surface area contributed by atoms with Crippen LogP contribution in [-0.2, 0) is 4.79 Å². The van der Waals surface area contributed by atoms with Gasteiger partial charge < -0.3 is 20.1 Å². The van der Waals surface area contributed by atoms with Gasteiger partial charge in [0.05, 0.1) is 6.04 Å². The summed E-state index contributed by atoms with van der Waals surface area (Å²) in [7, 11) is 0. The van der Waals surface area contributed by atoms with Crippen molar-refractivity contribution in [2.45, 2.75) is 25.3 Å². The largest absolute Gasteiger partial charge is 0.454 e. The molecule has 19 heavy (non-hydrogen) atoms. The van der Waals surface area contributed by atoms with Crippen molar-refractivity contribution >= 4 is 5.91 Å². The number of fused-ring (bicyclic) bond motifs is 1. The summed E-state index contributed by atoms with van der Waals surface area (Å²) in [6.07, 6.45) is 2.45. The number of rotatable bonds is 3. The second-order valence-electron chi connectivity index (χ2n) is 4.90. The Balaban J connectivity index is 1.82. The number of carbonyl (C=O) groups excluding carboxylic acids is 1. The average molecular weight is 262 g/mol. The number of hydrogen-bond donors (Lipinski definition) is 1. The van der Waals surface area contributed by atoms with Crippen LogP contribution in [0.25, 0.3) is 0 Å². The number of amides is 1. The zero-order valence-corrected chi connectivity index (χ0v) is 10.8. The van der Waals surface area contributed by atoms with Crippen LogP contribution in [0.4, 0.5) is 0 Å². The molecule has 1 saturated heterocycles. The summed E-state index contributed by atoms with van der Waals surface area (Å²) >= 11 is 0. The number of nitrogens with two attached hydrogens (primary N) is 1. The Bertz CT molecular complexity index is 490. The molecule has 1 atom stereocenters. The molecule has 1 aromatic carbocycles. The maximum Gasteiger partial charge on any atom is 0.231 e. The van der Waals surface area contributed by atoms with Crippen LogP contribution in [0, 0.1) is 0 Å². The van der Waals surface area contributed by atoms with Crippen LogP contribution in [0.3, 0.4) is 0 Å². The molecule has 102 valence electrons. The van der Waals surface area contributed by atoms with Crippen molar-refractivity contribution in [3.8, 4) is 11.5 Å². The predicted molar refractivity (Wildman–Crippen MR) is 69.9 cm³/mol. The van der Waals surface area contributed by atoms with Gasteiger partial charge in [0.25, 0.3) is 0 Å². The summed E-state index contributed by atoms with van der Waals surface area (Å²) in [4.78, 5) is 14.0. The van der Waals surface area contributed by atoms with Gasteiger partial charge in [0, 0.05) is 19.5 Å². The summed E-state index contributed by atoms with van der Waals surface area (Å²) in [5.74, 6) is 1.69. The molecule has 0 spiro atoms. The minimum atomic E-state index is 0.141. The van der Waals surface area contributed by atoms with Gasteiger partial charge in [-0.05, 0) is 30.5 Å². The number of benzene rings is 1. The molecule has 1 fully saturated rings. The second kappa shape index (κ2) is 5.09. The smallest absolute Gasteiger partial charge is 0.231 e. The SMILES string of the molecule is NCCC(=O)N1CCCC1c1ccc2c(c1)OCO2. The fourth-order valence-electron chi connectivity index (χ4n) is 2.80. The van der Waals surface area contributed by atoms with Gasteiger partial charge in [-0.15, -0.1) is 0 Å². The summed E-state index contributed by atoms with van der Waals surface area (Å²) in [6, 6.07) is 6.07. The first kappa shape index (κ1) is 12.3. The monoisotopic (exact) mass is 262 g/mol. The van der Waals surface area contributed by atoms with E-state index in [-0.39, 0.29) is 18.7 Å². The first-order chi connectivity index (χ1) is 9.29. The Kier molecular flexibility index (Phi) is 3.29. The zero-order chi connectivity index (χ0) is 13.2. The molecule has 2 aliphatic heterocycles. The molecular formula is C14H18N2O3. The van der Waals surface area contributed by atoms with Crippen LogP contribution in [0.2, 0.25) is 0 Å². The predicted octanol–water partition coefficient (Wildman–Crippen LogP) is 1.43. The molecule has 3 rings (SSSR count). The summed E-state index contributed by atoms with van der Waals surface area (Å²) in [5, 5.41) is 0. The third kappa shape index (κ3) is 2.26. The summed E-state index contributed by atoms with van der Waals surface area (Å²) in [5.41, 5.74) is 6.59. The maximum atomic E-state index is 12.1. The quantitative estimate of drug-likeness (QED) is 0.895. The van der Waals surface area contributed by atoms with E-state index in [1.807, 2.05) is 23.1 Å². The zero-order valence-electron chi connectivity index (χ0n) is 10.8. The molecule has 2 aliphatic rings. The van der Waals surface area contributed by atoms with E-state index < -0.39 is 0 Å². The maximum absolute atomic E-state index is 12.1. The Hall–Kier alpha value is -1.75. The first-order valence-electron chi connectivity index (χ1n) is 6.68. The van der Waals surface area contributed by atoms with Gasteiger partial charge in [-0.2, -0.15) is 0 Å². The van der Waals surface area contributed by atoms with Crippen molar-refractivity contribution in [2.24, 2.45) is 5.73 Å². The Morgan fingerprint density at radius 2 is 2.21 bits per heavy atom. The van der Waals surface area contributed by atoms with Crippen LogP contribution >= 0.6 is 0 Å². The molecule has 1 amide bonds. The van der Waals surface area contributed by atoms with Gasteiger partial charge in [-0.1, -0.05) is 6.07 Å². The van der Waals surface area contributed by atoms with E-state index in [1.165, 1.54) is 0 Å². The molecule has 5 heteroatoms. The van der Waals surface area contributed by atoms with Gasteiger partial charge >= 0.3 is 0 Å².